The van der Waals surface area contributed by atoms with Crippen molar-refractivity contribution in [1.29, 1.82) is 0 Å². The number of rotatable bonds is 17. The number of hydrogen-bond acceptors (Lipinski definition) is 5. The molecular weight excluding hydrogens is 476 g/mol. The number of Topliss-reactive ketones (excluding diaryl/α,β-unsaturated/α-hetero) is 1. The molecule has 1 atom stereocenters. The fourth-order valence-electron chi connectivity index (χ4n) is 4.56. The highest BCUT2D eigenvalue weighted by Crippen LogP contribution is 2.36. The molecule has 5 heteroatoms. The lowest BCUT2D eigenvalue weighted by Gasteiger charge is -2.17. The van der Waals surface area contributed by atoms with Gasteiger partial charge in [0.1, 0.15) is 6.10 Å². The van der Waals surface area contributed by atoms with E-state index in [0.717, 1.165) is 19.3 Å². The van der Waals surface area contributed by atoms with Gasteiger partial charge in [-0.2, -0.15) is 0 Å². The van der Waals surface area contributed by atoms with Crippen LogP contribution in [0.2, 0.25) is 0 Å². The van der Waals surface area contributed by atoms with Gasteiger partial charge in [0.05, 0.1) is 12.2 Å². The van der Waals surface area contributed by atoms with Crippen molar-refractivity contribution in [2.24, 2.45) is 0 Å². The number of carbonyl (C=O) groups is 2. The lowest BCUT2D eigenvalue weighted by atomic mass is 9.91. The summed E-state index contributed by atoms with van der Waals surface area (Å²) in [5, 5.41) is 21.8. The number of unbranched alkanes of at least 4 members (excludes halogenated alkanes) is 9. The smallest absolute Gasteiger partial charge is 0.197 e. The van der Waals surface area contributed by atoms with Gasteiger partial charge in [-0.3, -0.25) is 9.59 Å². The van der Waals surface area contributed by atoms with Gasteiger partial charge in [0, 0.05) is 11.1 Å². The lowest BCUT2D eigenvalue weighted by molar-refractivity contribution is 0.0743. The summed E-state index contributed by atoms with van der Waals surface area (Å²) in [6.45, 7) is 2.64. The van der Waals surface area contributed by atoms with Crippen molar-refractivity contribution < 1.29 is 24.5 Å². The molecule has 3 aromatic rings. The summed E-state index contributed by atoms with van der Waals surface area (Å²) in [4.78, 5) is 26.7. The van der Waals surface area contributed by atoms with Crippen molar-refractivity contribution in [3.63, 3.8) is 0 Å². The second kappa shape index (κ2) is 15.7. The Morgan fingerprint density at radius 1 is 0.737 bits per heavy atom. The minimum absolute atomic E-state index is 0.0426. The first-order valence-corrected chi connectivity index (χ1v) is 13.9. The monoisotopic (exact) mass is 516 g/mol. The normalized spacial score (nSPS) is 11.7. The molecule has 0 radical (unpaired) electrons. The highest BCUT2D eigenvalue weighted by molar-refractivity contribution is 6.18. The van der Waals surface area contributed by atoms with Crippen LogP contribution in [0.1, 0.15) is 109 Å². The van der Waals surface area contributed by atoms with Gasteiger partial charge in [0.25, 0.3) is 0 Å². The molecule has 5 nitrogen and oxygen atoms in total. The summed E-state index contributed by atoms with van der Waals surface area (Å²) in [7, 11) is 0. The maximum absolute atomic E-state index is 13.4. The predicted molar refractivity (Wildman–Crippen MR) is 151 cm³/mol. The minimum atomic E-state index is -1.46. The van der Waals surface area contributed by atoms with Crippen molar-refractivity contribution in [3.05, 3.63) is 95.1 Å². The standard InChI is InChI=1S/C33H40O5/c1-2-3-4-5-6-7-8-9-10-17-24-38-28-23-22-27(32(36)31(35)26-20-15-12-16-21-26)29(33(28)37)30(34)25-18-13-11-14-19-25/h11-16,18-23,31,35,37H,2-10,17,24H2,1H3. The summed E-state index contributed by atoms with van der Waals surface area (Å²) in [5.41, 5.74) is 0.546. The van der Waals surface area contributed by atoms with Crippen LogP contribution in [-0.4, -0.2) is 28.4 Å². The lowest BCUT2D eigenvalue weighted by Crippen LogP contribution is -2.17. The van der Waals surface area contributed by atoms with Crippen LogP contribution in [0.3, 0.4) is 0 Å². The third kappa shape index (κ3) is 8.29. The predicted octanol–water partition coefficient (Wildman–Crippen LogP) is 7.84. The quantitative estimate of drug-likeness (QED) is 0.141. The zero-order valence-corrected chi connectivity index (χ0v) is 22.4. The first kappa shape index (κ1) is 29.1. The molecule has 0 saturated carbocycles. The van der Waals surface area contributed by atoms with Crippen molar-refractivity contribution in [1.82, 2.24) is 0 Å². The number of hydrogen-bond donors (Lipinski definition) is 2. The van der Waals surface area contributed by atoms with E-state index in [1.54, 1.807) is 60.7 Å². The fraction of sp³-hybridized carbons (Fsp3) is 0.394. The Kier molecular flexibility index (Phi) is 12.1. The van der Waals surface area contributed by atoms with E-state index in [1.165, 1.54) is 57.1 Å². The molecule has 0 spiro atoms. The van der Waals surface area contributed by atoms with E-state index >= 15 is 0 Å². The molecule has 38 heavy (non-hydrogen) atoms. The van der Waals surface area contributed by atoms with E-state index in [1.807, 2.05) is 0 Å². The van der Waals surface area contributed by atoms with Gasteiger partial charge in [0.15, 0.2) is 23.1 Å². The summed E-state index contributed by atoms with van der Waals surface area (Å²) in [5.74, 6) is -1.38. The molecule has 3 aromatic carbocycles. The van der Waals surface area contributed by atoms with E-state index < -0.39 is 17.7 Å². The number of carbonyl (C=O) groups excluding carboxylic acids is 2. The maximum Gasteiger partial charge on any atom is 0.197 e. The van der Waals surface area contributed by atoms with Crippen LogP contribution in [0.5, 0.6) is 11.5 Å². The van der Waals surface area contributed by atoms with Crippen LogP contribution >= 0.6 is 0 Å². The number of benzene rings is 3. The number of ether oxygens (including phenoxy) is 1. The Labute approximate surface area is 226 Å². The van der Waals surface area contributed by atoms with E-state index in [4.69, 9.17) is 4.74 Å². The number of phenolic OH excluding ortho intramolecular Hbond substituents is 1. The van der Waals surface area contributed by atoms with Gasteiger partial charge >= 0.3 is 0 Å². The summed E-state index contributed by atoms with van der Waals surface area (Å²) in [6, 6.07) is 20.0. The molecular formula is C33H40O5. The SMILES string of the molecule is CCCCCCCCCCCCOc1ccc(C(=O)C(O)c2ccccc2)c(C(=O)c2ccccc2)c1O. The Balaban J connectivity index is 1.67. The molecule has 0 saturated heterocycles. The molecule has 0 aliphatic heterocycles. The molecule has 2 N–H and O–H groups in total. The molecule has 3 rings (SSSR count). The van der Waals surface area contributed by atoms with Crippen LogP contribution < -0.4 is 4.74 Å². The van der Waals surface area contributed by atoms with E-state index in [0.29, 0.717) is 17.7 Å². The second-order valence-electron chi connectivity index (χ2n) is 9.74. The second-order valence-corrected chi connectivity index (χ2v) is 9.74. The first-order valence-electron chi connectivity index (χ1n) is 13.9. The molecule has 1 unspecified atom stereocenters. The van der Waals surface area contributed by atoms with Gasteiger partial charge in [-0.1, -0.05) is 125 Å². The van der Waals surface area contributed by atoms with Crippen LogP contribution in [0.15, 0.2) is 72.8 Å². The zero-order chi connectivity index (χ0) is 27.2. The van der Waals surface area contributed by atoms with E-state index in [2.05, 4.69) is 6.92 Å². The molecule has 202 valence electrons. The van der Waals surface area contributed by atoms with Crippen molar-refractivity contribution >= 4 is 11.6 Å². The summed E-state index contributed by atoms with van der Waals surface area (Å²) >= 11 is 0. The van der Waals surface area contributed by atoms with E-state index in [-0.39, 0.29) is 22.6 Å². The Hall–Kier alpha value is -3.44. The Morgan fingerprint density at radius 2 is 1.29 bits per heavy atom. The zero-order valence-electron chi connectivity index (χ0n) is 22.4. The van der Waals surface area contributed by atoms with E-state index in [9.17, 15) is 19.8 Å². The molecule has 0 aliphatic rings. The van der Waals surface area contributed by atoms with Crippen molar-refractivity contribution in [2.75, 3.05) is 6.61 Å². The van der Waals surface area contributed by atoms with Crippen LogP contribution in [0.25, 0.3) is 0 Å². The van der Waals surface area contributed by atoms with Gasteiger partial charge in [0.2, 0.25) is 0 Å². The molecule has 0 amide bonds. The highest BCUT2D eigenvalue weighted by Gasteiger charge is 2.29. The topological polar surface area (TPSA) is 83.8 Å². The molecule has 0 aliphatic carbocycles. The van der Waals surface area contributed by atoms with Gasteiger partial charge < -0.3 is 14.9 Å². The van der Waals surface area contributed by atoms with Crippen LogP contribution in [0.4, 0.5) is 0 Å². The number of phenols is 1. The van der Waals surface area contributed by atoms with Crippen LogP contribution in [0, 0.1) is 0 Å². The van der Waals surface area contributed by atoms with Crippen molar-refractivity contribution in [2.45, 2.75) is 77.2 Å². The molecule has 0 fully saturated rings. The molecule has 0 heterocycles. The van der Waals surface area contributed by atoms with Crippen molar-refractivity contribution in [3.8, 4) is 11.5 Å². The van der Waals surface area contributed by atoms with Gasteiger partial charge in [-0.25, -0.2) is 0 Å². The Bertz CT molecular complexity index is 1140. The van der Waals surface area contributed by atoms with Crippen LogP contribution in [-0.2, 0) is 0 Å². The summed E-state index contributed by atoms with van der Waals surface area (Å²) in [6.07, 6.45) is 10.6. The third-order valence-corrected chi connectivity index (χ3v) is 6.79. The Morgan fingerprint density at radius 3 is 1.89 bits per heavy atom. The number of aromatic hydroxyl groups is 1. The maximum atomic E-state index is 13.4. The third-order valence-electron chi connectivity index (χ3n) is 6.79. The number of aliphatic hydroxyl groups is 1. The van der Waals surface area contributed by atoms with Gasteiger partial charge in [-0.05, 0) is 24.1 Å². The number of aliphatic hydroxyl groups excluding tert-OH is 1. The molecule has 0 bridgehead atoms. The number of ketones is 2. The average molecular weight is 517 g/mol. The fourth-order valence-corrected chi connectivity index (χ4v) is 4.56. The highest BCUT2D eigenvalue weighted by atomic mass is 16.5. The molecule has 0 aromatic heterocycles. The first-order chi connectivity index (χ1) is 18.5. The summed E-state index contributed by atoms with van der Waals surface area (Å²) < 4.78 is 5.84. The largest absolute Gasteiger partial charge is 0.504 e. The average Bonchev–Trinajstić information content (AvgIpc) is 2.96. The van der Waals surface area contributed by atoms with Gasteiger partial charge in [-0.15, -0.1) is 0 Å². The minimum Gasteiger partial charge on any atom is -0.504 e.